The quantitative estimate of drug-likeness (QED) is 0.595. The normalized spacial score (nSPS) is 12.0. The van der Waals surface area contributed by atoms with E-state index in [-0.39, 0.29) is 5.60 Å². The highest BCUT2D eigenvalue weighted by Gasteiger charge is 2.12. The fourth-order valence-electron chi connectivity index (χ4n) is 2.58. The van der Waals surface area contributed by atoms with E-state index in [0.29, 0.717) is 11.7 Å². The summed E-state index contributed by atoms with van der Waals surface area (Å²) in [5.41, 5.74) is 2.65. The van der Waals surface area contributed by atoms with Crippen LogP contribution in [0.25, 0.3) is 16.8 Å². The van der Waals surface area contributed by atoms with Crippen molar-refractivity contribution in [3.05, 3.63) is 48.5 Å². The first kappa shape index (κ1) is 14.6. The highest BCUT2D eigenvalue weighted by molar-refractivity contribution is 5.79. The minimum atomic E-state index is -0.206. The Morgan fingerprint density at radius 3 is 2.50 bits per heavy atom. The largest absolute Gasteiger partial charge is 0.488 e. The number of benzene rings is 2. The molecule has 4 aromatic rings. The number of rotatable bonds is 3. The van der Waals surface area contributed by atoms with Crippen LogP contribution in [0.3, 0.4) is 0 Å². The second-order valence-corrected chi connectivity index (χ2v) is 6.67. The molecule has 2 N–H and O–H groups in total. The number of anilines is 2. The van der Waals surface area contributed by atoms with Crippen molar-refractivity contribution in [2.24, 2.45) is 0 Å². The zero-order chi connectivity index (χ0) is 16.7. The Morgan fingerprint density at radius 2 is 1.75 bits per heavy atom. The van der Waals surface area contributed by atoms with Crippen LogP contribution >= 0.6 is 0 Å². The second kappa shape index (κ2) is 5.26. The highest BCUT2D eigenvalue weighted by Crippen LogP contribution is 2.23. The lowest BCUT2D eigenvalue weighted by molar-refractivity contribution is 0.131. The first-order chi connectivity index (χ1) is 11.5. The lowest BCUT2D eigenvalue weighted by Crippen LogP contribution is -2.22. The molecule has 0 fully saturated rings. The smallest absolute Gasteiger partial charge is 0.253 e. The zero-order valence-electron chi connectivity index (χ0n) is 13.9. The zero-order valence-corrected chi connectivity index (χ0v) is 13.9. The summed E-state index contributed by atoms with van der Waals surface area (Å²) in [5.74, 6) is 2.13. The molecule has 0 saturated carbocycles. The Balaban J connectivity index is 1.57. The number of hydrogen-bond donors (Lipinski definition) is 2. The summed E-state index contributed by atoms with van der Waals surface area (Å²) >= 11 is 0. The predicted octanol–water partition coefficient (Wildman–Crippen LogP) is 4.13. The molecule has 0 atom stereocenters. The van der Waals surface area contributed by atoms with Crippen LogP contribution in [0.15, 0.2) is 48.5 Å². The van der Waals surface area contributed by atoms with Crippen LogP contribution in [0.4, 0.5) is 11.6 Å². The van der Waals surface area contributed by atoms with Crippen LogP contribution in [-0.4, -0.2) is 25.2 Å². The van der Waals surface area contributed by atoms with E-state index < -0.39 is 0 Å². The number of ether oxygens (including phenoxy) is 1. The van der Waals surface area contributed by atoms with E-state index in [0.717, 1.165) is 22.5 Å². The number of nitrogens with one attached hydrogen (secondary N) is 2. The number of para-hydroxylation sites is 2. The van der Waals surface area contributed by atoms with Crippen molar-refractivity contribution in [3.8, 4) is 5.75 Å². The number of H-pyrrole nitrogens is 1. The summed E-state index contributed by atoms with van der Waals surface area (Å²) in [4.78, 5) is 8.97. The number of aromatic amines is 1. The lowest BCUT2D eigenvalue weighted by Gasteiger charge is -2.21. The molecule has 6 nitrogen and oxygen atoms in total. The van der Waals surface area contributed by atoms with E-state index in [1.165, 1.54) is 0 Å². The summed E-state index contributed by atoms with van der Waals surface area (Å²) in [6.45, 7) is 6.09. The molecule has 122 valence electrons. The molecule has 0 bridgehead atoms. The molecule has 0 saturated heterocycles. The number of hydrogen-bond acceptors (Lipinski definition) is 4. The van der Waals surface area contributed by atoms with Crippen molar-refractivity contribution >= 4 is 28.4 Å². The minimum absolute atomic E-state index is 0.206. The molecule has 24 heavy (non-hydrogen) atoms. The van der Waals surface area contributed by atoms with Gasteiger partial charge >= 0.3 is 0 Å². The van der Waals surface area contributed by atoms with Gasteiger partial charge in [0.2, 0.25) is 5.95 Å². The van der Waals surface area contributed by atoms with Gasteiger partial charge in [-0.1, -0.05) is 12.1 Å². The SMILES string of the molecule is CC(C)(C)Oc1ccc(Nc2nc3nc4ccccc4n3[nH]2)cc1. The van der Waals surface area contributed by atoms with Gasteiger partial charge in [0.25, 0.3) is 5.78 Å². The van der Waals surface area contributed by atoms with E-state index in [2.05, 4.69) is 20.4 Å². The maximum Gasteiger partial charge on any atom is 0.253 e. The molecule has 0 aliphatic carbocycles. The van der Waals surface area contributed by atoms with Gasteiger partial charge in [-0.05, 0) is 57.2 Å². The predicted molar refractivity (Wildman–Crippen MR) is 94.9 cm³/mol. The minimum Gasteiger partial charge on any atom is -0.488 e. The van der Waals surface area contributed by atoms with Gasteiger partial charge in [0, 0.05) is 5.69 Å². The van der Waals surface area contributed by atoms with Gasteiger partial charge in [0.15, 0.2) is 0 Å². The van der Waals surface area contributed by atoms with E-state index >= 15 is 0 Å². The Morgan fingerprint density at radius 1 is 1.00 bits per heavy atom. The molecule has 2 aromatic heterocycles. The summed E-state index contributed by atoms with van der Waals surface area (Å²) in [6, 6.07) is 15.7. The maximum absolute atomic E-state index is 5.83. The summed E-state index contributed by atoms with van der Waals surface area (Å²) < 4.78 is 7.70. The fraction of sp³-hybridized carbons (Fsp3) is 0.222. The third-order valence-corrected chi connectivity index (χ3v) is 3.51. The third kappa shape index (κ3) is 2.78. The number of aromatic nitrogens is 4. The van der Waals surface area contributed by atoms with E-state index in [4.69, 9.17) is 4.74 Å². The van der Waals surface area contributed by atoms with Crippen LogP contribution < -0.4 is 10.1 Å². The van der Waals surface area contributed by atoms with Crippen LogP contribution in [0.5, 0.6) is 5.75 Å². The van der Waals surface area contributed by atoms with Gasteiger partial charge in [-0.25, -0.2) is 9.50 Å². The number of nitrogens with zero attached hydrogens (tertiary/aromatic N) is 3. The standard InChI is InChI=1S/C18H19N5O/c1-18(2,3)24-13-10-8-12(9-11-13)19-16-21-17-20-14-6-4-5-7-15(14)23(17)22-16/h4-11H,1-3H3,(H2,19,20,21,22). The van der Waals surface area contributed by atoms with Crippen molar-refractivity contribution in [1.82, 2.24) is 19.6 Å². The molecule has 0 spiro atoms. The van der Waals surface area contributed by atoms with Crippen molar-refractivity contribution < 1.29 is 4.74 Å². The van der Waals surface area contributed by atoms with Gasteiger partial charge < -0.3 is 10.1 Å². The Kier molecular flexibility index (Phi) is 3.19. The lowest BCUT2D eigenvalue weighted by atomic mass is 10.2. The highest BCUT2D eigenvalue weighted by atomic mass is 16.5. The summed E-state index contributed by atoms with van der Waals surface area (Å²) in [6.07, 6.45) is 0. The summed E-state index contributed by atoms with van der Waals surface area (Å²) in [7, 11) is 0. The van der Waals surface area contributed by atoms with E-state index in [1.807, 2.05) is 73.8 Å². The monoisotopic (exact) mass is 321 g/mol. The molecule has 0 unspecified atom stereocenters. The molecular formula is C18H19N5O. The Bertz CT molecular complexity index is 992. The number of imidazole rings is 1. The Labute approximate surface area is 139 Å². The van der Waals surface area contributed by atoms with Crippen LogP contribution in [-0.2, 0) is 0 Å². The molecule has 0 aliphatic heterocycles. The first-order valence-corrected chi connectivity index (χ1v) is 7.87. The topological polar surface area (TPSA) is 67.2 Å². The molecule has 4 rings (SSSR count). The fourth-order valence-corrected chi connectivity index (χ4v) is 2.58. The van der Waals surface area contributed by atoms with Crippen LogP contribution in [0.1, 0.15) is 20.8 Å². The molecule has 0 radical (unpaired) electrons. The van der Waals surface area contributed by atoms with E-state index in [9.17, 15) is 0 Å². The van der Waals surface area contributed by atoms with Gasteiger partial charge in [-0.15, -0.1) is 0 Å². The average molecular weight is 321 g/mol. The Hall–Kier alpha value is -3.02. The van der Waals surface area contributed by atoms with Gasteiger partial charge in [-0.2, -0.15) is 4.98 Å². The van der Waals surface area contributed by atoms with E-state index in [1.54, 1.807) is 0 Å². The van der Waals surface area contributed by atoms with Crippen molar-refractivity contribution in [2.75, 3.05) is 5.32 Å². The maximum atomic E-state index is 5.83. The number of fused-ring (bicyclic) bond motifs is 3. The second-order valence-electron chi connectivity index (χ2n) is 6.67. The molecule has 2 aromatic carbocycles. The molecule has 0 amide bonds. The molecule has 6 heteroatoms. The van der Waals surface area contributed by atoms with Crippen molar-refractivity contribution in [1.29, 1.82) is 0 Å². The average Bonchev–Trinajstić information content (AvgIpc) is 3.05. The van der Waals surface area contributed by atoms with Gasteiger partial charge in [0.1, 0.15) is 11.4 Å². The third-order valence-electron chi connectivity index (χ3n) is 3.51. The molecular weight excluding hydrogens is 302 g/mol. The first-order valence-electron chi connectivity index (χ1n) is 7.87. The van der Waals surface area contributed by atoms with Crippen LogP contribution in [0.2, 0.25) is 0 Å². The molecule has 0 aliphatic rings. The summed E-state index contributed by atoms with van der Waals surface area (Å²) in [5, 5.41) is 6.47. The van der Waals surface area contributed by atoms with Gasteiger partial charge in [-0.3, -0.25) is 5.10 Å². The van der Waals surface area contributed by atoms with Crippen molar-refractivity contribution in [3.63, 3.8) is 0 Å². The van der Waals surface area contributed by atoms with Crippen LogP contribution in [0, 0.1) is 0 Å². The van der Waals surface area contributed by atoms with Gasteiger partial charge in [0.05, 0.1) is 11.0 Å². The van der Waals surface area contributed by atoms with Crippen molar-refractivity contribution in [2.45, 2.75) is 26.4 Å². The molecule has 2 heterocycles.